The Hall–Kier alpha value is -0.620. The molecule has 0 saturated heterocycles. The molecule has 122 valence electrons. The van der Waals surface area contributed by atoms with E-state index in [1.165, 1.54) is 6.42 Å². The number of hydrogen-bond donors (Lipinski definition) is 2. The predicted octanol–water partition coefficient (Wildman–Crippen LogP) is 2.52. The van der Waals surface area contributed by atoms with E-state index in [0.717, 1.165) is 38.5 Å². The SMILES string of the molecule is CC1CCC(NS(=O)(=O)CC2CCCCC2)(C(=O)O)CC1. The first-order chi connectivity index (χ1) is 9.83. The summed E-state index contributed by atoms with van der Waals surface area (Å²) in [5.41, 5.74) is -1.28. The zero-order valence-electron chi connectivity index (χ0n) is 12.8. The normalized spacial score (nSPS) is 32.0. The van der Waals surface area contributed by atoms with Crippen LogP contribution in [0.25, 0.3) is 0 Å². The highest BCUT2D eigenvalue weighted by Crippen LogP contribution is 2.33. The van der Waals surface area contributed by atoms with Gasteiger partial charge in [0, 0.05) is 0 Å². The van der Waals surface area contributed by atoms with Gasteiger partial charge in [-0.25, -0.2) is 8.42 Å². The Bertz CT molecular complexity index is 460. The van der Waals surface area contributed by atoms with Crippen molar-refractivity contribution in [1.29, 1.82) is 0 Å². The topological polar surface area (TPSA) is 83.5 Å². The number of rotatable bonds is 5. The molecule has 0 aromatic heterocycles. The lowest BCUT2D eigenvalue weighted by Gasteiger charge is -2.36. The number of carboxylic acids is 1. The Balaban J connectivity index is 2.03. The minimum Gasteiger partial charge on any atom is -0.480 e. The first kappa shape index (κ1) is 16.7. The van der Waals surface area contributed by atoms with Crippen molar-refractivity contribution in [2.24, 2.45) is 11.8 Å². The largest absolute Gasteiger partial charge is 0.480 e. The van der Waals surface area contributed by atoms with Gasteiger partial charge in [-0.2, -0.15) is 4.72 Å². The van der Waals surface area contributed by atoms with Crippen LogP contribution in [0.15, 0.2) is 0 Å². The second-order valence-corrected chi connectivity index (χ2v) is 8.72. The molecule has 0 spiro atoms. The van der Waals surface area contributed by atoms with E-state index >= 15 is 0 Å². The summed E-state index contributed by atoms with van der Waals surface area (Å²) in [7, 11) is -3.53. The third-order valence-electron chi connectivity index (χ3n) is 5.07. The molecule has 2 rings (SSSR count). The maximum atomic E-state index is 12.4. The number of hydrogen-bond acceptors (Lipinski definition) is 3. The van der Waals surface area contributed by atoms with Crippen molar-refractivity contribution in [2.75, 3.05) is 5.75 Å². The first-order valence-electron chi connectivity index (χ1n) is 8.08. The van der Waals surface area contributed by atoms with Crippen LogP contribution in [0.5, 0.6) is 0 Å². The van der Waals surface area contributed by atoms with Crippen molar-refractivity contribution in [1.82, 2.24) is 4.72 Å². The molecule has 0 aliphatic heterocycles. The van der Waals surface area contributed by atoms with Crippen LogP contribution in [0.1, 0.15) is 64.7 Å². The molecule has 2 fully saturated rings. The van der Waals surface area contributed by atoms with Crippen LogP contribution in [0.3, 0.4) is 0 Å². The summed E-state index contributed by atoms with van der Waals surface area (Å²) in [6.07, 6.45) is 7.55. The van der Waals surface area contributed by atoms with Gasteiger partial charge in [0.2, 0.25) is 10.0 Å². The highest BCUT2D eigenvalue weighted by atomic mass is 32.2. The minimum absolute atomic E-state index is 0.0809. The summed E-state index contributed by atoms with van der Waals surface area (Å²) < 4.78 is 27.3. The molecule has 6 heteroatoms. The molecular formula is C15H27NO4S. The van der Waals surface area contributed by atoms with Gasteiger partial charge in [0.1, 0.15) is 5.54 Å². The van der Waals surface area contributed by atoms with Gasteiger partial charge in [-0.3, -0.25) is 4.79 Å². The fraction of sp³-hybridized carbons (Fsp3) is 0.933. The van der Waals surface area contributed by atoms with Crippen molar-refractivity contribution >= 4 is 16.0 Å². The lowest BCUT2D eigenvalue weighted by Crippen LogP contribution is -2.57. The van der Waals surface area contributed by atoms with Gasteiger partial charge in [-0.05, 0) is 50.4 Å². The fourth-order valence-electron chi connectivity index (χ4n) is 3.62. The molecule has 2 N–H and O–H groups in total. The summed E-state index contributed by atoms with van der Waals surface area (Å²) in [5, 5.41) is 9.52. The van der Waals surface area contributed by atoms with Crippen LogP contribution < -0.4 is 4.72 Å². The van der Waals surface area contributed by atoms with E-state index in [-0.39, 0.29) is 11.7 Å². The van der Waals surface area contributed by atoms with E-state index in [2.05, 4.69) is 11.6 Å². The van der Waals surface area contributed by atoms with Crippen LogP contribution in [0.4, 0.5) is 0 Å². The Morgan fingerprint density at radius 2 is 1.71 bits per heavy atom. The second-order valence-electron chi connectivity index (χ2n) is 6.96. The monoisotopic (exact) mass is 317 g/mol. The second kappa shape index (κ2) is 6.65. The molecule has 2 aliphatic carbocycles. The zero-order valence-corrected chi connectivity index (χ0v) is 13.6. The minimum atomic E-state index is -3.53. The number of carbonyl (C=O) groups is 1. The Kier molecular flexibility index (Phi) is 5.30. The van der Waals surface area contributed by atoms with Crippen molar-refractivity contribution in [3.05, 3.63) is 0 Å². The summed E-state index contributed by atoms with van der Waals surface area (Å²) >= 11 is 0. The van der Waals surface area contributed by atoms with Crippen LogP contribution in [-0.2, 0) is 14.8 Å². The summed E-state index contributed by atoms with van der Waals surface area (Å²) in [6.45, 7) is 2.09. The zero-order chi connectivity index (χ0) is 15.5. The number of aliphatic carboxylic acids is 1. The van der Waals surface area contributed by atoms with Gasteiger partial charge in [-0.1, -0.05) is 26.2 Å². The molecule has 0 aromatic carbocycles. The van der Waals surface area contributed by atoms with Crippen molar-refractivity contribution in [2.45, 2.75) is 70.3 Å². The van der Waals surface area contributed by atoms with Crippen molar-refractivity contribution < 1.29 is 18.3 Å². The summed E-state index contributed by atoms with van der Waals surface area (Å²) in [6, 6.07) is 0. The van der Waals surface area contributed by atoms with E-state index in [1.54, 1.807) is 0 Å². The third kappa shape index (κ3) is 4.42. The van der Waals surface area contributed by atoms with Crippen LogP contribution >= 0.6 is 0 Å². The van der Waals surface area contributed by atoms with Crippen molar-refractivity contribution in [3.63, 3.8) is 0 Å². The Labute approximate surface area is 127 Å². The van der Waals surface area contributed by atoms with Crippen LogP contribution in [0, 0.1) is 11.8 Å². The summed E-state index contributed by atoms with van der Waals surface area (Å²) in [4.78, 5) is 11.6. The number of sulfonamides is 1. The molecule has 0 radical (unpaired) electrons. The first-order valence-corrected chi connectivity index (χ1v) is 9.73. The molecule has 0 unspecified atom stereocenters. The van der Waals surface area contributed by atoms with Crippen molar-refractivity contribution in [3.8, 4) is 0 Å². The molecule has 2 aliphatic rings. The van der Waals surface area contributed by atoms with Gasteiger partial charge in [0.15, 0.2) is 0 Å². The van der Waals surface area contributed by atoms with E-state index in [4.69, 9.17) is 0 Å². The molecule has 0 bridgehead atoms. The smallest absolute Gasteiger partial charge is 0.324 e. The molecule has 5 nitrogen and oxygen atoms in total. The third-order valence-corrected chi connectivity index (χ3v) is 6.68. The highest BCUT2D eigenvalue weighted by Gasteiger charge is 2.44. The van der Waals surface area contributed by atoms with Gasteiger partial charge in [0.25, 0.3) is 0 Å². The lowest BCUT2D eigenvalue weighted by atomic mass is 9.78. The maximum absolute atomic E-state index is 12.4. The quantitative estimate of drug-likeness (QED) is 0.816. The molecule has 2 saturated carbocycles. The lowest BCUT2D eigenvalue weighted by molar-refractivity contribution is -0.145. The van der Waals surface area contributed by atoms with E-state index in [9.17, 15) is 18.3 Å². The van der Waals surface area contributed by atoms with Gasteiger partial charge >= 0.3 is 5.97 Å². The maximum Gasteiger partial charge on any atom is 0.324 e. The molecule has 0 aromatic rings. The average molecular weight is 317 g/mol. The van der Waals surface area contributed by atoms with E-state index in [1.807, 2.05) is 0 Å². The molecule has 0 amide bonds. The average Bonchev–Trinajstić information content (AvgIpc) is 2.41. The van der Waals surface area contributed by atoms with Gasteiger partial charge < -0.3 is 5.11 Å². The van der Waals surface area contributed by atoms with Crippen LogP contribution in [0.2, 0.25) is 0 Å². The molecule has 0 atom stereocenters. The number of nitrogens with one attached hydrogen (secondary N) is 1. The molecule has 0 heterocycles. The molecular weight excluding hydrogens is 290 g/mol. The Morgan fingerprint density at radius 1 is 1.14 bits per heavy atom. The highest BCUT2D eigenvalue weighted by molar-refractivity contribution is 7.89. The Morgan fingerprint density at radius 3 is 2.24 bits per heavy atom. The van der Waals surface area contributed by atoms with E-state index < -0.39 is 21.5 Å². The fourth-order valence-corrected chi connectivity index (χ4v) is 5.54. The standard InChI is InChI=1S/C15H27NO4S/c1-12-7-9-15(10-8-12,14(17)18)16-21(19,20)11-13-5-3-2-4-6-13/h12-13,16H,2-11H2,1H3,(H,17,18). The number of carboxylic acid groups (broad SMARTS) is 1. The van der Waals surface area contributed by atoms with Crippen LogP contribution in [-0.4, -0.2) is 30.8 Å². The summed E-state index contributed by atoms with van der Waals surface area (Å²) in [5.74, 6) is -0.288. The molecule has 21 heavy (non-hydrogen) atoms. The van der Waals surface area contributed by atoms with Gasteiger partial charge in [-0.15, -0.1) is 0 Å². The van der Waals surface area contributed by atoms with Gasteiger partial charge in [0.05, 0.1) is 5.75 Å². The predicted molar refractivity (Wildman–Crippen MR) is 81.5 cm³/mol. The van der Waals surface area contributed by atoms with E-state index in [0.29, 0.717) is 18.8 Å².